The third-order valence-electron chi connectivity index (χ3n) is 2.59. The Bertz CT molecular complexity index is 534. The van der Waals surface area contributed by atoms with Crippen molar-refractivity contribution in [3.05, 3.63) is 17.7 Å². The standard InChI is InChI=1S/C16H21NO4/c1-6-12(5)21-16(18)17-13-9-11(4)15(20-8-3)14(10-13)19-7-2/h1,9-10,12H,7-8H2,2-5H3,(H,17,18). The summed E-state index contributed by atoms with van der Waals surface area (Å²) in [6.45, 7) is 8.33. The molecule has 21 heavy (non-hydrogen) atoms. The van der Waals surface area contributed by atoms with Gasteiger partial charge in [-0.15, -0.1) is 6.42 Å². The molecule has 0 bridgehead atoms. The smallest absolute Gasteiger partial charge is 0.412 e. The van der Waals surface area contributed by atoms with Crippen molar-refractivity contribution in [2.24, 2.45) is 0 Å². The molecule has 0 spiro atoms. The second-order valence-electron chi connectivity index (χ2n) is 4.33. The van der Waals surface area contributed by atoms with Gasteiger partial charge in [0.25, 0.3) is 0 Å². The van der Waals surface area contributed by atoms with Gasteiger partial charge in [0.15, 0.2) is 17.6 Å². The molecular weight excluding hydrogens is 270 g/mol. The van der Waals surface area contributed by atoms with Gasteiger partial charge in [-0.05, 0) is 39.3 Å². The van der Waals surface area contributed by atoms with Gasteiger partial charge in [-0.1, -0.05) is 5.92 Å². The van der Waals surface area contributed by atoms with Gasteiger partial charge in [0.2, 0.25) is 0 Å². The van der Waals surface area contributed by atoms with Crippen molar-refractivity contribution in [1.29, 1.82) is 0 Å². The minimum Gasteiger partial charge on any atom is -0.490 e. The fourth-order valence-electron chi connectivity index (χ4n) is 1.75. The predicted molar refractivity (Wildman–Crippen MR) is 81.9 cm³/mol. The summed E-state index contributed by atoms with van der Waals surface area (Å²) in [5.41, 5.74) is 1.43. The first kappa shape index (κ1) is 16.7. The van der Waals surface area contributed by atoms with Crippen LogP contribution >= 0.6 is 0 Å². The van der Waals surface area contributed by atoms with Crippen molar-refractivity contribution >= 4 is 11.8 Å². The van der Waals surface area contributed by atoms with E-state index >= 15 is 0 Å². The fraction of sp³-hybridized carbons (Fsp3) is 0.438. The summed E-state index contributed by atoms with van der Waals surface area (Å²) in [6, 6.07) is 3.48. The molecule has 0 fully saturated rings. The van der Waals surface area contributed by atoms with E-state index in [9.17, 15) is 4.79 Å². The average molecular weight is 291 g/mol. The lowest BCUT2D eigenvalue weighted by Crippen LogP contribution is -2.19. The van der Waals surface area contributed by atoms with Crippen LogP contribution in [-0.4, -0.2) is 25.4 Å². The number of ether oxygens (including phenoxy) is 3. The van der Waals surface area contributed by atoms with Crippen LogP contribution < -0.4 is 14.8 Å². The summed E-state index contributed by atoms with van der Waals surface area (Å²) in [6.07, 6.45) is 3.97. The normalized spacial score (nSPS) is 11.2. The quantitative estimate of drug-likeness (QED) is 0.816. The van der Waals surface area contributed by atoms with E-state index in [2.05, 4.69) is 11.2 Å². The van der Waals surface area contributed by atoms with E-state index in [1.807, 2.05) is 20.8 Å². The zero-order valence-corrected chi connectivity index (χ0v) is 12.9. The van der Waals surface area contributed by atoms with Gasteiger partial charge in [0.05, 0.1) is 13.2 Å². The zero-order valence-electron chi connectivity index (χ0n) is 12.9. The van der Waals surface area contributed by atoms with Crippen LogP contribution in [0.2, 0.25) is 0 Å². The van der Waals surface area contributed by atoms with Crippen LogP contribution in [-0.2, 0) is 4.74 Å². The van der Waals surface area contributed by atoms with Gasteiger partial charge in [0.1, 0.15) is 0 Å². The van der Waals surface area contributed by atoms with Crippen LogP contribution in [0, 0.1) is 19.3 Å². The van der Waals surface area contributed by atoms with Crippen molar-refractivity contribution in [3.63, 3.8) is 0 Å². The van der Waals surface area contributed by atoms with Crippen LogP contribution in [0.25, 0.3) is 0 Å². The molecule has 1 atom stereocenters. The lowest BCUT2D eigenvalue weighted by Gasteiger charge is -2.16. The Morgan fingerprint density at radius 1 is 1.33 bits per heavy atom. The van der Waals surface area contributed by atoms with Crippen LogP contribution in [0.4, 0.5) is 10.5 Å². The van der Waals surface area contributed by atoms with E-state index < -0.39 is 12.2 Å². The van der Waals surface area contributed by atoms with E-state index in [0.29, 0.717) is 30.4 Å². The highest BCUT2D eigenvalue weighted by Gasteiger charge is 2.13. The topological polar surface area (TPSA) is 56.8 Å². The number of rotatable bonds is 6. The number of carbonyl (C=O) groups excluding carboxylic acids is 1. The Kier molecular flexibility index (Phi) is 6.41. The predicted octanol–water partition coefficient (Wildman–Crippen LogP) is 3.36. The van der Waals surface area contributed by atoms with Crippen molar-refractivity contribution in [2.45, 2.75) is 33.8 Å². The van der Waals surface area contributed by atoms with Crippen LogP contribution in [0.5, 0.6) is 11.5 Å². The zero-order chi connectivity index (χ0) is 15.8. The Morgan fingerprint density at radius 3 is 2.57 bits per heavy atom. The van der Waals surface area contributed by atoms with E-state index in [1.54, 1.807) is 19.1 Å². The largest absolute Gasteiger partial charge is 0.490 e. The maximum absolute atomic E-state index is 11.7. The summed E-state index contributed by atoms with van der Waals surface area (Å²) in [7, 11) is 0. The molecule has 0 aromatic heterocycles. The van der Waals surface area contributed by atoms with E-state index in [4.69, 9.17) is 20.6 Å². The van der Waals surface area contributed by atoms with Crippen molar-refractivity contribution < 1.29 is 19.0 Å². The maximum Gasteiger partial charge on any atom is 0.412 e. The second-order valence-corrected chi connectivity index (χ2v) is 4.33. The van der Waals surface area contributed by atoms with Crippen molar-refractivity contribution in [2.75, 3.05) is 18.5 Å². The molecule has 114 valence electrons. The molecule has 1 aromatic carbocycles. The average Bonchev–Trinajstić information content (AvgIpc) is 2.42. The van der Waals surface area contributed by atoms with Gasteiger partial charge < -0.3 is 14.2 Å². The molecule has 0 saturated heterocycles. The SMILES string of the molecule is C#CC(C)OC(=O)Nc1cc(C)c(OCC)c(OCC)c1. The van der Waals surface area contributed by atoms with Gasteiger partial charge in [0, 0.05) is 11.8 Å². The number of amides is 1. The highest BCUT2D eigenvalue weighted by molar-refractivity contribution is 5.85. The highest BCUT2D eigenvalue weighted by Crippen LogP contribution is 2.34. The van der Waals surface area contributed by atoms with Crippen molar-refractivity contribution in [3.8, 4) is 23.8 Å². The third kappa shape index (κ3) is 4.92. The van der Waals surface area contributed by atoms with E-state index in [1.165, 1.54) is 0 Å². The van der Waals surface area contributed by atoms with Crippen molar-refractivity contribution in [1.82, 2.24) is 0 Å². The summed E-state index contributed by atoms with van der Waals surface area (Å²) >= 11 is 0. The molecule has 0 aliphatic carbocycles. The van der Waals surface area contributed by atoms with Crippen LogP contribution in [0.15, 0.2) is 12.1 Å². The molecule has 1 aromatic rings. The molecule has 5 heteroatoms. The third-order valence-corrected chi connectivity index (χ3v) is 2.59. The number of anilines is 1. The molecule has 0 saturated carbocycles. The Balaban J connectivity index is 2.94. The molecule has 0 radical (unpaired) electrons. The van der Waals surface area contributed by atoms with Gasteiger partial charge in [-0.25, -0.2) is 4.79 Å². The monoisotopic (exact) mass is 291 g/mol. The van der Waals surface area contributed by atoms with Gasteiger partial charge >= 0.3 is 6.09 Å². The molecule has 0 aliphatic heterocycles. The first-order valence-corrected chi connectivity index (χ1v) is 6.85. The molecule has 1 unspecified atom stereocenters. The number of hydrogen-bond donors (Lipinski definition) is 1. The van der Waals surface area contributed by atoms with Gasteiger partial charge in [-0.3, -0.25) is 5.32 Å². The number of aryl methyl sites for hydroxylation is 1. The Morgan fingerprint density at radius 2 is 2.00 bits per heavy atom. The minimum absolute atomic E-state index is 0.502. The Labute approximate surface area is 125 Å². The number of terminal acetylenes is 1. The molecular formula is C16H21NO4. The fourth-order valence-corrected chi connectivity index (χ4v) is 1.75. The van der Waals surface area contributed by atoms with Crippen LogP contribution in [0.3, 0.4) is 0 Å². The minimum atomic E-state index is -0.605. The van der Waals surface area contributed by atoms with Gasteiger partial charge in [-0.2, -0.15) is 0 Å². The first-order valence-electron chi connectivity index (χ1n) is 6.85. The highest BCUT2D eigenvalue weighted by atomic mass is 16.6. The van der Waals surface area contributed by atoms with E-state index in [0.717, 1.165) is 5.56 Å². The second kappa shape index (κ2) is 8.05. The molecule has 0 heterocycles. The lowest BCUT2D eigenvalue weighted by molar-refractivity contribution is 0.145. The summed E-state index contributed by atoms with van der Waals surface area (Å²) in [4.78, 5) is 11.7. The number of hydrogen-bond acceptors (Lipinski definition) is 4. The first-order chi connectivity index (χ1) is 10.0. The summed E-state index contributed by atoms with van der Waals surface area (Å²) in [5.74, 6) is 3.58. The van der Waals surface area contributed by atoms with E-state index in [-0.39, 0.29) is 0 Å². The van der Waals surface area contributed by atoms with Crippen LogP contribution in [0.1, 0.15) is 26.3 Å². The number of nitrogens with one attached hydrogen (secondary N) is 1. The summed E-state index contributed by atoms with van der Waals surface area (Å²) < 4.78 is 16.1. The molecule has 1 amide bonds. The number of benzene rings is 1. The molecule has 1 rings (SSSR count). The molecule has 1 N–H and O–H groups in total. The molecule has 5 nitrogen and oxygen atoms in total. The maximum atomic E-state index is 11.7. The summed E-state index contributed by atoms with van der Waals surface area (Å²) in [5, 5.41) is 2.62. The lowest BCUT2D eigenvalue weighted by atomic mass is 10.2. The Hall–Kier alpha value is -2.35. The molecule has 0 aliphatic rings. The number of carbonyl (C=O) groups is 1.